The first-order valence-electron chi connectivity index (χ1n) is 4.32. The van der Waals surface area contributed by atoms with E-state index in [2.05, 4.69) is 4.74 Å². The van der Waals surface area contributed by atoms with E-state index >= 15 is 0 Å². The maximum atomic E-state index is 11.1. The molecule has 0 bridgehead atoms. The second-order valence-corrected chi connectivity index (χ2v) is 3.60. The molecule has 1 heterocycles. The SMILES string of the molecule is COC(=O)C1CN1c1ccc(Cl)cc1. The molecular formula is C10H10ClNO2. The summed E-state index contributed by atoms with van der Waals surface area (Å²) in [5.74, 6) is -0.181. The summed E-state index contributed by atoms with van der Waals surface area (Å²) < 4.78 is 4.64. The van der Waals surface area contributed by atoms with Crippen molar-refractivity contribution in [3.05, 3.63) is 29.3 Å². The van der Waals surface area contributed by atoms with Gasteiger partial charge in [0.25, 0.3) is 0 Å². The molecule has 1 aliphatic rings. The van der Waals surface area contributed by atoms with Crippen LogP contribution >= 0.6 is 11.6 Å². The number of ether oxygens (including phenoxy) is 1. The summed E-state index contributed by atoms with van der Waals surface area (Å²) in [7, 11) is 1.40. The van der Waals surface area contributed by atoms with Gasteiger partial charge in [-0.1, -0.05) is 11.6 Å². The quantitative estimate of drug-likeness (QED) is 0.551. The summed E-state index contributed by atoms with van der Waals surface area (Å²) >= 11 is 5.75. The molecule has 1 unspecified atom stereocenters. The van der Waals surface area contributed by atoms with Crippen LogP contribution in [0.4, 0.5) is 5.69 Å². The summed E-state index contributed by atoms with van der Waals surface area (Å²) in [5, 5.41) is 0.699. The van der Waals surface area contributed by atoms with Gasteiger partial charge in [0.2, 0.25) is 0 Å². The molecule has 14 heavy (non-hydrogen) atoms. The Morgan fingerprint density at radius 1 is 1.50 bits per heavy atom. The Balaban J connectivity index is 2.06. The second-order valence-electron chi connectivity index (χ2n) is 3.17. The molecule has 0 amide bonds. The van der Waals surface area contributed by atoms with Crippen molar-refractivity contribution in [1.29, 1.82) is 0 Å². The molecule has 3 nitrogen and oxygen atoms in total. The fourth-order valence-corrected chi connectivity index (χ4v) is 1.52. The van der Waals surface area contributed by atoms with Crippen LogP contribution in [0.3, 0.4) is 0 Å². The van der Waals surface area contributed by atoms with Gasteiger partial charge in [-0.2, -0.15) is 0 Å². The van der Waals surface area contributed by atoms with E-state index in [0.717, 1.165) is 12.2 Å². The third-order valence-corrected chi connectivity index (χ3v) is 2.50. The zero-order chi connectivity index (χ0) is 10.1. The molecule has 4 heteroatoms. The van der Waals surface area contributed by atoms with Gasteiger partial charge in [0, 0.05) is 10.7 Å². The summed E-state index contributed by atoms with van der Waals surface area (Å²) in [6.07, 6.45) is 0. The Hall–Kier alpha value is -1.22. The van der Waals surface area contributed by atoms with Gasteiger partial charge in [0.1, 0.15) is 6.04 Å². The lowest BCUT2D eigenvalue weighted by atomic mass is 10.3. The van der Waals surface area contributed by atoms with Crippen LogP contribution in [-0.2, 0) is 9.53 Å². The van der Waals surface area contributed by atoms with Crippen LogP contribution in [0, 0.1) is 0 Å². The Bertz CT molecular complexity index is 350. The predicted molar refractivity (Wildman–Crippen MR) is 54.6 cm³/mol. The fraction of sp³-hybridized carbons (Fsp3) is 0.300. The van der Waals surface area contributed by atoms with Gasteiger partial charge >= 0.3 is 5.97 Å². The first-order valence-corrected chi connectivity index (χ1v) is 4.70. The average molecular weight is 212 g/mol. The van der Waals surface area contributed by atoms with Crippen LogP contribution in [0.15, 0.2) is 24.3 Å². The lowest BCUT2D eigenvalue weighted by Crippen LogP contribution is -2.13. The van der Waals surface area contributed by atoms with Gasteiger partial charge < -0.3 is 9.64 Å². The highest BCUT2D eigenvalue weighted by Crippen LogP contribution is 2.29. The van der Waals surface area contributed by atoms with E-state index in [1.807, 2.05) is 29.2 Å². The zero-order valence-electron chi connectivity index (χ0n) is 7.74. The molecule has 2 rings (SSSR count). The van der Waals surface area contributed by atoms with Crippen molar-refractivity contribution in [1.82, 2.24) is 0 Å². The number of hydrogen-bond acceptors (Lipinski definition) is 3. The Kier molecular flexibility index (Phi) is 2.33. The van der Waals surface area contributed by atoms with E-state index < -0.39 is 0 Å². The van der Waals surface area contributed by atoms with E-state index in [0.29, 0.717) is 5.02 Å². The molecule has 1 aromatic rings. The van der Waals surface area contributed by atoms with Gasteiger partial charge in [-0.25, -0.2) is 4.79 Å². The maximum Gasteiger partial charge on any atom is 0.330 e. The number of methoxy groups -OCH3 is 1. The number of benzene rings is 1. The van der Waals surface area contributed by atoms with Crippen LogP contribution in [-0.4, -0.2) is 25.7 Å². The van der Waals surface area contributed by atoms with Crippen molar-refractivity contribution in [2.24, 2.45) is 0 Å². The normalized spacial score (nSPS) is 19.3. The number of nitrogens with zero attached hydrogens (tertiary/aromatic N) is 1. The minimum atomic E-state index is -0.181. The lowest BCUT2D eigenvalue weighted by molar-refractivity contribution is -0.139. The molecule has 1 atom stereocenters. The molecule has 74 valence electrons. The second kappa shape index (κ2) is 3.50. The van der Waals surface area contributed by atoms with E-state index in [1.54, 1.807) is 0 Å². The largest absolute Gasteiger partial charge is 0.467 e. The molecule has 1 aromatic carbocycles. The zero-order valence-corrected chi connectivity index (χ0v) is 8.49. The highest BCUT2D eigenvalue weighted by Gasteiger charge is 2.41. The van der Waals surface area contributed by atoms with Crippen molar-refractivity contribution in [2.75, 3.05) is 18.6 Å². The molecule has 0 N–H and O–H groups in total. The van der Waals surface area contributed by atoms with E-state index in [1.165, 1.54) is 7.11 Å². The monoisotopic (exact) mass is 211 g/mol. The van der Waals surface area contributed by atoms with E-state index in [9.17, 15) is 4.79 Å². The maximum absolute atomic E-state index is 11.1. The van der Waals surface area contributed by atoms with Crippen LogP contribution in [0.1, 0.15) is 0 Å². The topological polar surface area (TPSA) is 29.3 Å². The van der Waals surface area contributed by atoms with Gasteiger partial charge in [-0.15, -0.1) is 0 Å². The average Bonchev–Trinajstić information content (AvgIpc) is 2.98. The molecule has 0 saturated carbocycles. The number of halogens is 1. The predicted octanol–water partition coefficient (Wildman–Crippen LogP) is 1.70. The van der Waals surface area contributed by atoms with Gasteiger partial charge in [0.05, 0.1) is 13.7 Å². The third kappa shape index (κ3) is 1.68. The number of carbonyl (C=O) groups excluding carboxylic acids is 1. The summed E-state index contributed by atoms with van der Waals surface area (Å²) in [5.41, 5.74) is 1.00. The van der Waals surface area contributed by atoms with Crippen molar-refractivity contribution in [2.45, 2.75) is 6.04 Å². The highest BCUT2D eigenvalue weighted by atomic mass is 35.5. The Labute approximate surface area is 87.2 Å². The molecule has 0 spiro atoms. The molecule has 1 aliphatic heterocycles. The van der Waals surface area contributed by atoms with Crippen LogP contribution in [0.25, 0.3) is 0 Å². The smallest absolute Gasteiger partial charge is 0.330 e. The summed E-state index contributed by atoms with van der Waals surface area (Å²) in [4.78, 5) is 13.1. The standard InChI is InChI=1S/C10H10ClNO2/c1-14-10(13)9-6-12(9)8-4-2-7(11)3-5-8/h2-5,9H,6H2,1H3. The molecule has 0 aromatic heterocycles. The summed E-state index contributed by atoms with van der Waals surface area (Å²) in [6.45, 7) is 0.730. The van der Waals surface area contributed by atoms with Gasteiger partial charge in [-0.3, -0.25) is 0 Å². The van der Waals surface area contributed by atoms with Crippen molar-refractivity contribution >= 4 is 23.3 Å². The Morgan fingerprint density at radius 2 is 2.14 bits per heavy atom. The lowest BCUT2D eigenvalue weighted by Gasteiger charge is -2.03. The number of rotatable bonds is 2. The van der Waals surface area contributed by atoms with Crippen LogP contribution in [0.5, 0.6) is 0 Å². The molecule has 0 aliphatic carbocycles. The number of esters is 1. The minimum Gasteiger partial charge on any atom is -0.467 e. The minimum absolute atomic E-state index is 0.110. The van der Waals surface area contributed by atoms with E-state index in [-0.39, 0.29) is 12.0 Å². The van der Waals surface area contributed by atoms with Crippen molar-refractivity contribution in [3.8, 4) is 0 Å². The molecular weight excluding hydrogens is 202 g/mol. The summed E-state index contributed by atoms with van der Waals surface area (Å²) in [6, 6.07) is 7.30. The molecule has 1 fully saturated rings. The van der Waals surface area contributed by atoms with Gasteiger partial charge in [0.15, 0.2) is 0 Å². The number of hydrogen-bond donors (Lipinski definition) is 0. The number of carbonyl (C=O) groups is 1. The first kappa shape index (κ1) is 9.34. The molecule has 0 radical (unpaired) electrons. The molecule has 1 saturated heterocycles. The van der Waals surface area contributed by atoms with Crippen molar-refractivity contribution < 1.29 is 9.53 Å². The fourth-order valence-electron chi connectivity index (χ4n) is 1.39. The van der Waals surface area contributed by atoms with E-state index in [4.69, 9.17) is 11.6 Å². The third-order valence-electron chi connectivity index (χ3n) is 2.24. The Morgan fingerprint density at radius 3 is 2.71 bits per heavy atom. The van der Waals surface area contributed by atoms with Gasteiger partial charge in [-0.05, 0) is 24.3 Å². The van der Waals surface area contributed by atoms with Crippen LogP contribution < -0.4 is 4.90 Å². The first-order chi connectivity index (χ1) is 6.72. The highest BCUT2D eigenvalue weighted by molar-refractivity contribution is 6.30. The number of anilines is 1. The van der Waals surface area contributed by atoms with Crippen LogP contribution in [0.2, 0.25) is 5.02 Å². The van der Waals surface area contributed by atoms with Crippen molar-refractivity contribution in [3.63, 3.8) is 0 Å².